The maximum absolute atomic E-state index is 12.9. The van der Waals surface area contributed by atoms with E-state index in [-0.39, 0.29) is 11.8 Å². The smallest absolute Gasteiger partial charge is 0.258 e. The van der Waals surface area contributed by atoms with Gasteiger partial charge in [0.1, 0.15) is 5.01 Å². The molecule has 0 fully saturated rings. The minimum Gasteiger partial charge on any atom is -0.296 e. The summed E-state index contributed by atoms with van der Waals surface area (Å²) >= 11 is 1.41. The number of amides is 1. The number of rotatable bonds is 5. The molecular weight excluding hydrogens is 330 g/mol. The van der Waals surface area contributed by atoms with Crippen LogP contribution in [0.4, 0.5) is 5.13 Å². The summed E-state index contributed by atoms with van der Waals surface area (Å²) in [6.45, 7) is 4.10. The average Bonchev–Trinajstić information content (AvgIpc) is 3.10. The number of carbonyl (C=O) groups is 1. The lowest BCUT2D eigenvalue weighted by molar-refractivity contribution is -0.111. The van der Waals surface area contributed by atoms with Crippen molar-refractivity contribution in [3.05, 3.63) is 76.8 Å². The highest BCUT2D eigenvalue weighted by molar-refractivity contribution is 7.15. The fourth-order valence-corrected chi connectivity index (χ4v) is 3.04. The molecule has 0 bridgehead atoms. The van der Waals surface area contributed by atoms with Crippen LogP contribution >= 0.6 is 11.3 Å². The van der Waals surface area contributed by atoms with Crippen LogP contribution in [0.25, 0.3) is 11.6 Å². The molecule has 0 saturated carbocycles. The van der Waals surface area contributed by atoms with Crippen LogP contribution in [-0.2, 0) is 4.79 Å². The Morgan fingerprint density at radius 2 is 1.64 bits per heavy atom. The highest BCUT2D eigenvalue weighted by Gasteiger charge is 2.15. The summed E-state index contributed by atoms with van der Waals surface area (Å²) in [5, 5.41) is 12.5. The molecule has 3 rings (SSSR count). The molecule has 25 heavy (non-hydrogen) atoms. The van der Waals surface area contributed by atoms with E-state index in [2.05, 4.69) is 29.4 Å². The number of aromatic nitrogens is 2. The van der Waals surface area contributed by atoms with Crippen LogP contribution in [0.1, 0.15) is 35.9 Å². The third kappa shape index (κ3) is 4.39. The maximum Gasteiger partial charge on any atom is 0.258 e. The predicted octanol–water partition coefficient (Wildman–Crippen LogP) is 4.84. The molecular formula is C20H19N3OS. The lowest BCUT2D eigenvalue weighted by Crippen LogP contribution is -2.13. The summed E-state index contributed by atoms with van der Waals surface area (Å²) in [6.07, 6.45) is 1.88. The van der Waals surface area contributed by atoms with E-state index in [1.165, 1.54) is 11.3 Å². The SMILES string of the molecule is CC(C)c1nnc(NC(=O)/C(=C\c2ccccc2)c2ccccc2)s1. The first-order valence-electron chi connectivity index (χ1n) is 8.10. The van der Waals surface area contributed by atoms with E-state index in [0.29, 0.717) is 10.7 Å². The summed E-state index contributed by atoms with van der Waals surface area (Å²) in [5.41, 5.74) is 2.42. The highest BCUT2D eigenvalue weighted by atomic mass is 32.1. The molecule has 1 aromatic heterocycles. The van der Waals surface area contributed by atoms with Crippen molar-refractivity contribution in [2.45, 2.75) is 19.8 Å². The second-order valence-corrected chi connectivity index (χ2v) is 6.90. The van der Waals surface area contributed by atoms with E-state index in [1.807, 2.05) is 66.7 Å². The summed E-state index contributed by atoms with van der Waals surface area (Å²) in [6, 6.07) is 19.4. The summed E-state index contributed by atoms with van der Waals surface area (Å²) in [7, 11) is 0. The Morgan fingerprint density at radius 3 is 2.24 bits per heavy atom. The zero-order valence-electron chi connectivity index (χ0n) is 14.1. The molecule has 0 aliphatic heterocycles. The lowest BCUT2D eigenvalue weighted by Gasteiger charge is -2.08. The monoisotopic (exact) mass is 349 g/mol. The molecule has 3 aromatic rings. The van der Waals surface area contributed by atoms with E-state index < -0.39 is 0 Å². The van der Waals surface area contributed by atoms with Gasteiger partial charge in [-0.2, -0.15) is 0 Å². The average molecular weight is 349 g/mol. The van der Waals surface area contributed by atoms with Crippen LogP contribution in [0.3, 0.4) is 0 Å². The van der Waals surface area contributed by atoms with Crippen LogP contribution in [0.15, 0.2) is 60.7 Å². The lowest BCUT2D eigenvalue weighted by atomic mass is 10.0. The van der Waals surface area contributed by atoms with Gasteiger partial charge in [0, 0.05) is 11.5 Å². The molecule has 5 heteroatoms. The Balaban J connectivity index is 1.91. The van der Waals surface area contributed by atoms with E-state index in [4.69, 9.17) is 0 Å². The number of anilines is 1. The first-order valence-corrected chi connectivity index (χ1v) is 8.92. The molecule has 0 aliphatic rings. The molecule has 0 atom stereocenters. The van der Waals surface area contributed by atoms with E-state index >= 15 is 0 Å². The first-order chi connectivity index (χ1) is 12.1. The number of hydrogen-bond donors (Lipinski definition) is 1. The van der Waals surface area contributed by atoms with Crippen LogP contribution in [0, 0.1) is 0 Å². The van der Waals surface area contributed by atoms with Gasteiger partial charge >= 0.3 is 0 Å². The zero-order chi connectivity index (χ0) is 17.6. The van der Waals surface area contributed by atoms with Crippen molar-refractivity contribution in [3.8, 4) is 0 Å². The van der Waals surface area contributed by atoms with Gasteiger partial charge in [-0.05, 0) is 17.2 Å². The van der Waals surface area contributed by atoms with Gasteiger partial charge in [0.15, 0.2) is 0 Å². The van der Waals surface area contributed by atoms with Gasteiger partial charge in [0.25, 0.3) is 5.91 Å². The van der Waals surface area contributed by atoms with Crippen LogP contribution in [0.2, 0.25) is 0 Å². The Kier molecular flexibility index (Phi) is 5.36. The quantitative estimate of drug-likeness (QED) is 0.530. The molecule has 4 nitrogen and oxygen atoms in total. The highest BCUT2D eigenvalue weighted by Crippen LogP contribution is 2.25. The van der Waals surface area contributed by atoms with Crippen molar-refractivity contribution in [3.63, 3.8) is 0 Å². The third-order valence-corrected chi connectivity index (χ3v) is 4.73. The number of nitrogens with one attached hydrogen (secondary N) is 1. The molecule has 1 amide bonds. The van der Waals surface area contributed by atoms with Gasteiger partial charge in [-0.15, -0.1) is 10.2 Å². The first kappa shape index (κ1) is 17.0. The Bertz CT molecular complexity index is 870. The van der Waals surface area contributed by atoms with Crippen molar-refractivity contribution in [1.29, 1.82) is 0 Å². The fourth-order valence-electron chi connectivity index (χ4n) is 2.30. The molecule has 126 valence electrons. The predicted molar refractivity (Wildman–Crippen MR) is 103 cm³/mol. The van der Waals surface area contributed by atoms with Gasteiger partial charge in [0.05, 0.1) is 0 Å². The summed E-state index contributed by atoms with van der Waals surface area (Å²) < 4.78 is 0. The van der Waals surface area contributed by atoms with Crippen LogP contribution < -0.4 is 5.32 Å². The fraction of sp³-hybridized carbons (Fsp3) is 0.150. The zero-order valence-corrected chi connectivity index (χ0v) is 15.0. The molecule has 0 radical (unpaired) electrons. The standard InChI is InChI=1S/C20H19N3OS/c1-14(2)19-22-23-20(25-19)21-18(24)17(16-11-7-4-8-12-16)13-15-9-5-3-6-10-15/h3-14H,1-2H3,(H,21,23,24)/b17-13-. The topological polar surface area (TPSA) is 54.9 Å². The Labute approximate surface area is 151 Å². The van der Waals surface area contributed by atoms with Gasteiger partial charge in [-0.3, -0.25) is 10.1 Å². The molecule has 1 N–H and O–H groups in total. The second kappa shape index (κ2) is 7.85. The van der Waals surface area contributed by atoms with Crippen molar-refractivity contribution < 1.29 is 4.79 Å². The normalized spacial score (nSPS) is 11.6. The summed E-state index contributed by atoms with van der Waals surface area (Å²) in [5.74, 6) is 0.0955. The molecule has 0 aliphatic carbocycles. The van der Waals surface area contributed by atoms with Crippen molar-refractivity contribution in [2.24, 2.45) is 0 Å². The van der Waals surface area contributed by atoms with Gasteiger partial charge in [-0.1, -0.05) is 85.8 Å². The van der Waals surface area contributed by atoms with E-state index in [1.54, 1.807) is 0 Å². The summed E-state index contributed by atoms with van der Waals surface area (Å²) in [4.78, 5) is 12.9. The number of hydrogen-bond acceptors (Lipinski definition) is 4. The van der Waals surface area contributed by atoms with Crippen LogP contribution in [0.5, 0.6) is 0 Å². The minimum absolute atomic E-state index is 0.193. The number of benzene rings is 2. The maximum atomic E-state index is 12.9. The Hall–Kier alpha value is -2.79. The van der Waals surface area contributed by atoms with Crippen LogP contribution in [-0.4, -0.2) is 16.1 Å². The number of carbonyl (C=O) groups excluding carboxylic acids is 1. The Morgan fingerprint density at radius 1 is 1.00 bits per heavy atom. The second-order valence-electron chi connectivity index (χ2n) is 5.89. The van der Waals surface area contributed by atoms with Gasteiger partial charge in [0.2, 0.25) is 5.13 Å². The number of nitrogens with zero attached hydrogens (tertiary/aromatic N) is 2. The van der Waals surface area contributed by atoms with Crippen molar-refractivity contribution in [1.82, 2.24) is 10.2 Å². The molecule has 2 aromatic carbocycles. The van der Waals surface area contributed by atoms with Crippen molar-refractivity contribution >= 4 is 34.0 Å². The molecule has 1 heterocycles. The van der Waals surface area contributed by atoms with E-state index in [0.717, 1.165) is 16.1 Å². The molecule has 0 unspecified atom stereocenters. The largest absolute Gasteiger partial charge is 0.296 e. The third-order valence-electron chi connectivity index (χ3n) is 3.59. The van der Waals surface area contributed by atoms with E-state index in [9.17, 15) is 4.79 Å². The molecule has 0 saturated heterocycles. The molecule has 0 spiro atoms. The van der Waals surface area contributed by atoms with Crippen molar-refractivity contribution in [2.75, 3.05) is 5.32 Å². The minimum atomic E-state index is -0.193. The van der Waals surface area contributed by atoms with Gasteiger partial charge in [-0.25, -0.2) is 0 Å². The van der Waals surface area contributed by atoms with Gasteiger partial charge < -0.3 is 0 Å².